The van der Waals surface area contributed by atoms with Crippen molar-refractivity contribution in [2.24, 2.45) is 0 Å². The molecule has 0 N–H and O–H groups in total. The molecule has 208 valence electrons. The van der Waals surface area contributed by atoms with Gasteiger partial charge in [0, 0.05) is 42.0 Å². The quantitative estimate of drug-likeness (QED) is 0.277. The molecule has 0 amide bonds. The molecule has 1 fully saturated rings. The van der Waals surface area contributed by atoms with Crippen LogP contribution in [0.4, 0.5) is 14.5 Å². The zero-order valence-electron chi connectivity index (χ0n) is 23.5. The molecule has 0 atom stereocenters. The SMILES string of the molecule is Cc1nc(C)c(-c2ccc(OCCc3ccc(F)cc3)cc2)c(N2CCC(C)(F)CC2)c1CC(=O)OC(C)C. The van der Waals surface area contributed by atoms with Crippen molar-refractivity contribution < 1.29 is 23.0 Å². The third-order valence-electron chi connectivity index (χ3n) is 7.18. The van der Waals surface area contributed by atoms with Gasteiger partial charge in [-0.15, -0.1) is 0 Å². The number of nitrogens with zero attached hydrogens (tertiary/aromatic N) is 2. The van der Waals surface area contributed by atoms with Crippen molar-refractivity contribution in [1.29, 1.82) is 0 Å². The molecule has 2 aromatic carbocycles. The van der Waals surface area contributed by atoms with Crippen molar-refractivity contribution in [2.75, 3.05) is 24.6 Å². The standard InChI is InChI=1S/C32H38F2N2O3/c1-21(2)39-29(37)20-28-22(3)35-23(4)30(31(28)36-17-15-32(5,34)16-18-36)25-8-12-27(13-9-25)38-19-14-24-6-10-26(33)11-7-24/h6-13,21H,14-20H2,1-5H3. The second-order valence-corrected chi connectivity index (χ2v) is 10.8. The van der Waals surface area contributed by atoms with Gasteiger partial charge in [0.1, 0.15) is 17.2 Å². The minimum atomic E-state index is -1.20. The summed E-state index contributed by atoms with van der Waals surface area (Å²) in [5.41, 5.74) is 5.08. The molecule has 7 heteroatoms. The zero-order chi connectivity index (χ0) is 28.2. The molecule has 0 spiro atoms. The highest BCUT2D eigenvalue weighted by molar-refractivity contribution is 5.87. The van der Waals surface area contributed by atoms with E-state index in [2.05, 4.69) is 4.90 Å². The molecule has 1 saturated heterocycles. The first-order valence-electron chi connectivity index (χ1n) is 13.6. The van der Waals surface area contributed by atoms with Gasteiger partial charge in [-0.25, -0.2) is 8.78 Å². The number of aromatic nitrogens is 1. The van der Waals surface area contributed by atoms with Crippen molar-refractivity contribution >= 4 is 11.7 Å². The summed E-state index contributed by atoms with van der Waals surface area (Å²) in [6.07, 6.45) is 1.41. The van der Waals surface area contributed by atoms with Crippen molar-refractivity contribution in [2.45, 2.75) is 72.1 Å². The van der Waals surface area contributed by atoms with Crippen LogP contribution in [0.1, 0.15) is 56.1 Å². The summed E-state index contributed by atoms with van der Waals surface area (Å²) in [7, 11) is 0. The van der Waals surface area contributed by atoms with E-state index in [1.165, 1.54) is 12.1 Å². The lowest BCUT2D eigenvalue weighted by Crippen LogP contribution is -2.41. The summed E-state index contributed by atoms with van der Waals surface area (Å²) in [4.78, 5) is 19.8. The molecule has 0 aliphatic carbocycles. The zero-order valence-corrected chi connectivity index (χ0v) is 23.5. The van der Waals surface area contributed by atoms with Gasteiger partial charge in [-0.2, -0.15) is 0 Å². The van der Waals surface area contributed by atoms with Crippen LogP contribution in [0.15, 0.2) is 48.5 Å². The van der Waals surface area contributed by atoms with Gasteiger partial charge >= 0.3 is 5.97 Å². The average Bonchev–Trinajstić information content (AvgIpc) is 2.87. The van der Waals surface area contributed by atoms with E-state index in [4.69, 9.17) is 14.5 Å². The number of ether oxygens (including phenoxy) is 2. The summed E-state index contributed by atoms with van der Waals surface area (Å²) >= 11 is 0. The van der Waals surface area contributed by atoms with Crippen LogP contribution in [-0.4, -0.2) is 42.4 Å². The molecule has 1 aliphatic rings. The second kappa shape index (κ2) is 12.1. The Balaban J connectivity index is 1.62. The maximum absolute atomic E-state index is 14.7. The van der Waals surface area contributed by atoms with E-state index >= 15 is 0 Å². The van der Waals surface area contributed by atoms with Crippen LogP contribution >= 0.6 is 0 Å². The molecular formula is C32H38F2N2O3. The minimum absolute atomic E-state index is 0.105. The number of pyridine rings is 1. The average molecular weight is 537 g/mol. The lowest BCUT2D eigenvalue weighted by atomic mass is 9.91. The Morgan fingerprint density at radius 1 is 1.03 bits per heavy atom. The summed E-state index contributed by atoms with van der Waals surface area (Å²) in [5.74, 6) is 0.175. The van der Waals surface area contributed by atoms with Gasteiger partial charge in [-0.3, -0.25) is 9.78 Å². The predicted octanol–water partition coefficient (Wildman–Crippen LogP) is 6.95. The fourth-order valence-corrected chi connectivity index (χ4v) is 5.08. The largest absolute Gasteiger partial charge is 0.493 e. The molecule has 0 unspecified atom stereocenters. The Labute approximate surface area is 230 Å². The molecule has 3 aromatic rings. The van der Waals surface area contributed by atoms with E-state index in [-0.39, 0.29) is 24.3 Å². The van der Waals surface area contributed by atoms with Crippen molar-refractivity contribution in [1.82, 2.24) is 4.98 Å². The molecule has 1 aromatic heterocycles. The number of carbonyl (C=O) groups is 1. The lowest BCUT2D eigenvalue weighted by molar-refractivity contribution is -0.146. The van der Waals surface area contributed by atoms with E-state index in [1.54, 1.807) is 19.1 Å². The Morgan fingerprint density at radius 2 is 1.67 bits per heavy atom. The number of halogens is 2. The number of carbonyl (C=O) groups excluding carboxylic acids is 1. The lowest BCUT2D eigenvalue weighted by Gasteiger charge is -2.38. The molecule has 1 aliphatic heterocycles. The molecule has 5 nitrogen and oxygen atoms in total. The van der Waals surface area contributed by atoms with Crippen LogP contribution in [-0.2, 0) is 22.4 Å². The van der Waals surface area contributed by atoms with E-state index < -0.39 is 5.67 Å². The Kier molecular flexibility index (Phi) is 8.88. The monoisotopic (exact) mass is 536 g/mol. The molecule has 0 bridgehead atoms. The second-order valence-electron chi connectivity index (χ2n) is 10.8. The van der Waals surface area contributed by atoms with Crippen molar-refractivity contribution in [3.05, 3.63) is 76.9 Å². The van der Waals surface area contributed by atoms with Crippen LogP contribution < -0.4 is 9.64 Å². The third kappa shape index (κ3) is 7.34. The van der Waals surface area contributed by atoms with Crippen molar-refractivity contribution in [3.63, 3.8) is 0 Å². The number of aryl methyl sites for hydroxylation is 2. The smallest absolute Gasteiger partial charge is 0.310 e. The number of alkyl halides is 1. The first kappa shape index (κ1) is 28.5. The van der Waals surface area contributed by atoms with Gasteiger partial charge in [-0.05, 0) is 82.9 Å². The number of benzene rings is 2. The third-order valence-corrected chi connectivity index (χ3v) is 7.18. The fraction of sp³-hybridized carbons (Fsp3) is 0.438. The normalized spacial score (nSPS) is 14.9. The van der Waals surface area contributed by atoms with Gasteiger partial charge in [0.25, 0.3) is 0 Å². The maximum Gasteiger partial charge on any atom is 0.310 e. The molecule has 2 heterocycles. The summed E-state index contributed by atoms with van der Waals surface area (Å²) in [6, 6.07) is 14.3. The van der Waals surface area contributed by atoms with E-state index in [0.717, 1.165) is 45.1 Å². The number of hydrogen-bond acceptors (Lipinski definition) is 5. The van der Waals surface area contributed by atoms with Gasteiger partial charge in [0.05, 0.1) is 24.8 Å². The van der Waals surface area contributed by atoms with E-state index in [0.29, 0.717) is 39.0 Å². The highest BCUT2D eigenvalue weighted by Crippen LogP contribution is 2.41. The van der Waals surface area contributed by atoms with Gasteiger partial charge in [0.2, 0.25) is 0 Å². The highest BCUT2D eigenvalue weighted by atomic mass is 19.1. The first-order valence-corrected chi connectivity index (χ1v) is 13.6. The Hall–Kier alpha value is -3.48. The van der Waals surface area contributed by atoms with Crippen LogP contribution in [0.2, 0.25) is 0 Å². The van der Waals surface area contributed by atoms with Crippen LogP contribution in [0.5, 0.6) is 5.75 Å². The van der Waals surface area contributed by atoms with E-state index in [1.807, 2.05) is 52.0 Å². The molecule has 0 radical (unpaired) electrons. The van der Waals surface area contributed by atoms with E-state index in [9.17, 15) is 13.6 Å². The van der Waals surface area contributed by atoms with Crippen LogP contribution in [0, 0.1) is 19.7 Å². The Morgan fingerprint density at radius 3 is 2.28 bits per heavy atom. The fourth-order valence-electron chi connectivity index (χ4n) is 5.08. The summed E-state index contributed by atoms with van der Waals surface area (Å²) < 4.78 is 39.3. The number of esters is 1. The topological polar surface area (TPSA) is 51.7 Å². The van der Waals surface area contributed by atoms with Crippen LogP contribution in [0.25, 0.3) is 11.1 Å². The minimum Gasteiger partial charge on any atom is -0.493 e. The van der Waals surface area contributed by atoms with Crippen molar-refractivity contribution in [3.8, 4) is 16.9 Å². The highest BCUT2D eigenvalue weighted by Gasteiger charge is 2.33. The van der Waals surface area contributed by atoms with Gasteiger partial charge < -0.3 is 14.4 Å². The number of piperidine rings is 1. The Bertz CT molecular complexity index is 1280. The number of rotatable bonds is 9. The molecular weight excluding hydrogens is 498 g/mol. The molecule has 4 rings (SSSR count). The first-order chi connectivity index (χ1) is 18.5. The summed E-state index contributed by atoms with van der Waals surface area (Å²) in [6.45, 7) is 10.8. The van der Waals surface area contributed by atoms with Crippen LogP contribution in [0.3, 0.4) is 0 Å². The maximum atomic E-state index is 14.7. The van der Waals surface area contributed by atoms with Gasteiger partial charge in [-0.1, -0.05) is 24.3 Å². The number of hydrogen-bond donors (Lipinski definition) is 0. The predicted molar refractivity (Wildman–Crippen MR) is 151 cm³/mol. The van der Waals surface area contributed by atoms with Gasteiger partial charge in [0.15, 0.2) is 0 Å². The molecule has 0 saturated carbocycles. The number of anilines is 1. The molecule has 39 heavy (non-hydrogen) atoms. The summed E-state index contributed by atoms with van der Waals surface area (Å²) in [5, 5.41) is 0.